The molecule has 1 heterocycles. The quantitative estimate of drug-likeness (QED) is 0.797. The van der Waals surface area contributed by atoms with E-state index in [0.717, 1.165) is 31.5 Å². The van der Waals surface area contributed by atoms with Crippen LogP contribution in [-0.4, -0.2) is 34.7 Å². The molecule has 21 heavy (non-hydrogen) atoms. The van der Waals surface area contributed by atoms with E-state index in [-0.39, 0.29) is 23.3 Å². The molecule has 6 heteroatoms. The van der Waals surface area contributed by atoms with Crippen LogP contribution in [0.3, 0.4) is 0 Å². The summed E-state index contributed by atoms with van der Waals surface area (Å²) < 4.78 is 5.52. The number of halogens is 1. The zero-order valence-corrected chi connectivity index (χ0v) is 12.7. The Labute approximate surface area is 128 Å². The largest absolute Gasteiger partial charge is 0.506 e. The van der Waals surface area contributed by atoms with Gasteiger partial charge in [-0.15, -0.1) is 0 Å². The molecule has 1 fully saturated rings. The molecule has 1 aromatic rings. The highest BCUT2D eigenvalue weighted by molar-refractivity contribution is 6.34. The zero-order valence-electron chi connectivity index (χ0n) is 11.9. The van der Waals surface area contributed by atoms with E-state index in [4.69, 9.17) is 16.3 Å². The van der Waals surface area contributed by atoms with Crippen molar-refractivity contribution >= 4 is 17.3 Å². The van der Waals surface area contributed by atoms with Crippen LogP contribution < -0.4 is 10.2 Å². The molecule has 0 bridgehead atoms. The van der Waals surface area contributed by atoms with Crippen molar-refractivity contribution < 1.29 is 14.9 Å². The van der Waals surface area contributed by atoms with Gasteiger partial charge >= 0.3 is 0 Å². The Morgan fingerprint density at radius 1 is 1.48 bits per heavy atom. The minimum absolute atomic E-state index is 0.0220. The molecule has 5 nitrogen and oxygen atoms in total. The number of hydrogen-bond donors (Lipinski definition) is 3. The van der Waals surface area contributed by atoms with Gasteiger partial charge in [-0.2, -0.15) is 5.10 Å². The molecule has 1 aliphatic carbocycles. The topological polar surface area (TPSA) is 74.1 Å². The van der Waals surface area contributed by atoms with Crippen molar-refractivity contribution in [2.24, 2.45) is 11.0 Å². The van der Waals surface area contributed by atoms with Crippen molar-refractivity contribution in [1.29, 1.82) is 0 Å². The Kier molecular flexibility index (Phi) is 3.71. The van der Waals surface area contributed by atoms with E-state index < -0.39 is 5.60 Å². The highest BCUT2D eigenvalue weighted by Gasteiger charge is 2.41. The molecule has 0 aromatic heterocycles. The Bertz CT molecular complexity index is 585. The summed E-state index contributed by atoms with van der Waals surface area (Å²) in [7, 11) is 0. The van der Waals surface area contributed by atoms with Crippen LogP contribution in [0.2, 0.25) is 5.02 Å². The molecule has 2 aliphatic rings. The number of nitrogens with one attached hydrogen (secondary N) is 1. The maximum atomic E-state index is 10.3. The normalized spacial score (nSPS) is 23.2. The molecular weight excluding hydrogens is 292 g/mol. The standard InChI is InChI=1S/C15H19ClN2O3/c1-9-4-7-17-18-13(9)10-2-3-11(12(16)14(10)19)21-8-15(20)5-6-15/h2-3,9,17,19-20H,4-8H2,1H3. The number of hydrogen-bond acceptors (Lipinski definition) is 5. The summed E-state index contributed by atoms with van der Waals surface area (Å²) in [6, 6.07) is 3.47. The van der Waals surface area contributed by atoms with Gasteiger partial charge in [0.2, 0.25) is 0 Å². The molecule has 3 rings (SSSR count). The Balaban J connectivity index is 1.83. The fraction of sp³-hybridized carbons (Fsp3) is 0.533. The third-order valence-corrected chi connectivity index (χ3v) is 4.40. The smallest absolute Gasteiger partial charge is 0.147 e. The van der Waals surface area contributed by atoms with E-state index in [9.17, 15) is 10.2 Å². The SMILES string of the molecule is CC1CCNN=C1c1ccc(OCC2(O)CC2)c(Cl)c1O. The number of nitrogens with zero attached hydrogens (tertiary/aromatic N) is 1. The van der Waals surface area contributed by atoms with Crippen molar-refractivity contribution in [2.75, 3.05) is 13.2 Å². The summed E-state index contributed by atoms with van der Waals surface area (Å²) in [5, 5.41) is 24.5. The fourth-order valence-corrected chi connectivity index (χ4v) is 2.58. The van der Waals surface area contributed by atoms with Crippen LogP contribution in [0.5, 0.6) is 11.5 Å². The van der Waals surface area contributed by atoms with Gasteiger partial charge in [0.15, 0.2) is 0 Å². The zero-order chi connectivity index (χ0) is 15.0. The monoisotopic (exact) mass is 310 g/mol. The lowest BCUT2D eigenvalue weighted by Gasteiger charge is -2.22. The van der Waals surface area contributed by atoms with Crippen LogP contribution in [0.4, 0.5) is 0 Å². The van der Waals surface area contributed by atoms with Crippen LogP contribution in [0, 0.1) is 5.92 Å². The lowest BCUT2D eigenvalue weighted by atomic mass is 9.94. The third kappa shape index (κ3) is 2.94. The number of benzene rings is 1. The molecule has 3 N–H and O–H groups in total. The number of aliphatic hydroxyl groups is 1. The van der Waals surface area contributed by atoms with Gasteiger partial charge in [0.1, 0.15) is 23.1 Å². The fourth-order valence-electron chi connectivity index (χ4n) is 2.36. The van der Waals surface area contributed by atoms with Crippen LogP contribution in [0.1, 0.15) is 31.7 Å². The lowest BCUT2D eigenvalue weighted by molar-refractivity contribution is 0.0856. The van der Waals surface area contributed by atoms with Gasteiger partial charge in [0.25, 0.3) is 0 Å². The third-order valence-electron chi connectivity index (χ3n) is 4.04. The number of phenolic OH excluding ortho intramolecular Hbond substituents is 1. The maximum Gasteiger partial charge on any atom is 0.147 e. The maximum absolute atomic E-state index is 10.3. The highest BCUT2D eigenvalue weighted by Crippen LogP contribution is 2.40. The summed E-state index contributed by atoms with van der Waals surface area (Å²) in [6.45, 7) is 3.10. The molecule has 114 valence electrons. The summed E-state index contributed by atoms with van der Waals surface area (Å²) in [6.07, 6.45) is 2.45. The second kappa shape index (κ2) is 5.39. The number of aromatic hydroxyl groups is 1. The van der Waals surface area contributed by atoms with Crippen molar-refractivity contribution in [2.45, 2.75) is 31.8 Å². The summed E-state index contributed by atoms with van der Waals surface area (Å²) in [5.41, 5.74) is 3.65. The van der Waals surface area contributed by atoms with Gasteiger partial charge in [0, 0.05) is 18.0 Å². The Morgan fingerprint density at radius 2 is 2.24 bits per heavy atom. The molecule has 0 saturated heterocycles. The van der Waals surface area contributed by atoms with Crippen LogP contribution >= 0.6 is 11.6 Å². The van der Waals surface area contributed by atoms with Crippen molar-refractivity contribution in [3.05, 3.63) is 22.7 Å². The highest BCUT2D eigenvalue weighted by atomic mass is 35.5. The molecule has 1 unspecified atom stereocenters. The molecule has 0 spiro atoms. The van der Waals surface area contributed by atoms with Gasteiger partial charge in [-0.1, -0.05) is 18.5 Å². The predicted octanol–water partition coefficient (Wildman–Crippen LogP) is 2.28. The molecule has 1 atom stereocenters. The summed E-state index contributed by atoms with van der Waals surface area (Å²) >= 11 is 6.18. The van der Waals surface area contributed by atoms with Gasteiger partial charge in [-0.05, 0) is 31.4 Å². The van der Waals surface area contributed by atoms with Crippen LogP contribution in [-0.2, 0) is 0 Å². The lowest BCUT2D eigenvalue weighted by Crippen LogP contribution is -2.27. The predicted molar refractivity (Wildman–Crippen MR) is 81.1 cm³/mol. The first-order valence-corrected chi connectivity index (χ1v) is 7.55. The number of hydrazone groups is 1. The van der Waals surface area contributed by atoms with E-state index in [1.54, 1.807) is 12.1 Å². The second-order valence-corrected chi connectivity index (χ2v) is 6.26. The number of rotatable bonds is 4. The number of ether oxygens (including phenoxy) is 1. The molecule has 1 saturated carbocycles. The van der Waals surface area contributed by atoms with Gasteiger partial charge in [-0.3, -0.25) is 0 Å². The first-order valence-electron chi connectivity index (χ1n) is 7.18. The molecule has 0 amide bonds. The van der Waals surface area contributed by atoms with E-state index in [0.29, 0.717) is 11.3 Å². The Morgan fingerprint density at radius 3 is 2.90 bits per heavy atom. The minimum atomic E-state index is -0.719. The summed E-state index contributed by atoms with van der Waals surface area (Å²) in [5.74, 6) is 0.619. The van der Waals surface area contributed by atoms with Gasteiger partial charge in [0.05, 0.1) is 11.3 Å². The van der Waals surface area contributed by atoms with Gasteiger partial charge in [-0.25, -0.2) is 0 Å². The molecular formula is C15H19ClN2O3. The number of phenols is 1. The second-order valence-electron chi connectivity index (χ2n) is 5.88. The van der Waals surface area contributed by atoms with E-state index in [2.05, 4.69) is 17.5 Å². The molecule has 1 aromatic carbocycles. The average molecular weight is 311 g/mol. The molecule has 0 radical (unpaired) electrons. The van der Waals surface area contributed by atoms with Crippen LogP contribution in [0.25, 0.3) is 0 Å². The van der Waals surface area contributed by atoms with Crippen molar-refractivity contribution in [1.82, 2.24) is 5.43 Å². The first-order chi connectivity index (χ1) is 10.0. The first kappa shape index (κ1) is 14.5. The average Bonchev–Trinajstić information content (AvgIpc) is 3.20. The summed E-state index contributed by atoms with van der Waals surface area (Å²) in [4.78, 5) is 0. The van der Waals surface area contributed by atoms with Gasteiger partial charge < -0.3 is 20.4 Å². The van der Waals surface area contributed by atoms with Crippen LogP contribution in [0.15, 0.2) is 17.2 Å². The van der Waals surface area contributed by atoms with E-state index >= 15 is 0 Å². The van der Waals surface area contributed by atoms with E-state index in [1.807, 2.05) is 0 Å². The minimum Gasteiger partial charge on any atom is -0.506 e. The molecule has 1 aliphatic heterocycles. The van der Waals surface area contributed by atoms with E-state index in [1.165, 1.54) is 0 Å². The van der Waals surface area contributed by atoms with Crippen molar-refractivity contribution in [3.8, 4) is 11.5 Å². The Hall–Kier alpha value is -1.46. The van der Waals surface area contributed by atoms with Crippen molar-refractivity contribution in [3.63, 3.8) is 0 Å².